The first-order chi connectivity index (χ1) is 12.2. The second kappa shape index (κ2) is 6.51. The fraction of sp³-hybridized carbons (Fsp3) is 0.474. The van der Waals surface area contributed by atoms with Gasteiger partial charge in [0.15, 0.2) is 5.76 Å². The molecule has 0 aliphatic carbocycles. The number of aromatic nitrogens is 1. The summed E-state index contributed by atoms with van der Waals surface area (Å²) in [5.41, 5.74) is 0.927. The molecule has 2 N–H and O–H groups in total. The van der Waals surface area contributed by atoms with Gasteiger partial charge in [0.1, 0.15) is 17.9 Å². The van der Waals surface area contributed by atoms with E-state index in [4.69, 9.17) is 9.52 Å². The van der Waals surface area contributed by atoms with Crippen LogP contribution in [0.3, 0.4) is 0 Å². The van der Waals surface area contributed by atoms with Gasteiger partial charge >= 0.3 is 0 Å². The number of hydrogen-bond acceptors (Lipinski definition) is 5. The third kappa shape index (κ3) is 3.01. The Balaban J connectivity index is 1.53. The standard InChI is InChI=1S/C19H21N3O3/c1-12-18(13-4-6-22(12)7-5-13)21-19(24)16-10-17-14(11-20-16)9-15(25-17)3-2-8-23/h9-13,18,23H,4-8H2,1H3,(H,21,24)/t12-,18-/m0/s1. The third-order valence-corrected chi connectivity index (χ3v) is 5.40. The van der Waals surface area contributed by atoms with E-state index in [1.54, 1.807) is 18.3 Å². The predicted octanol–water partition coefficient (Wildman–Crippen LogP) is 1.38. The van der Waals surface area contributed by atoms with Gasteiger partial charge in [0.25, 0.3) is 5.91 Å². The average molecular weight is 339 g/mol. The smallest absolute Gasteiger partial charge is 0.270 e. The number of rotatable bonds is 2. The summed E-state index contributed by atoms with van der Waals surface area (Å²) >= 11 is 0. The van der Waals surface area contributed by atoms with Crippen molar-refractivity contribution >= 4 is 16.9 Å². The molecule has 2 aromatic rings. The number of aliphatic hydroxyl groups is 1. The van der Waals surface area contributed by atoms with Crippen LogP contribution >= 0.6 is 0 Å². The molecule has 130 valence electrons. The molecule has 2 bridgehead atoms. The molecule has 3 aliphatic heterocycles. The van der Waals surface area contributed by atoms with Gasteiger partial charge in [-0.2, -0.15) is 0 Å². The van der Waals surface area contributed by atoms with Crippen LogP contribution in [-0.4, -0.2) is 52.7 Å². The maximum Gasteiger partial charge on any atom is 0.270 e. The monoisotopic (exact) mass is 339 g/mol. The number of fused-ring (bicyclic) bond motifs is 4. The van der Waals surface area contributed by atoms with Gasteiger partial charge in [-0.1, -0.05) is 5.92 Å². The first-order valence-electron chi connectivity index (χ1n) is 8.70. The van der Waals surface area contributed by atoms with E-state index in [0.717, 1.165) is 31.3 Å². The van der Waals surface area contributed by atoms with Crippen molar-refractivity contribution in [2.45, 2.75) is 31.8 Å². The molecule has 0 aromatic carbocycles. The maximum absolute atomic E-state index is 12.7. The van der Waals surface area contributed by atoms with E-state index in [9.17, 15) is 4.79 Å². The largest absolute Gasteiger partial charge is 0.448 e. The number of carbonyl (C=O) groups excluding carboxylic acids is 1. The van der Waals surface area contributed by atoms with Gasteiger partial charge in [-0.25, -0.2) is 0 Å². The Morgan fingerprint density at radius 1 is 1.44 bits per heavy atom. The van der Waals surface area contributed by atoms with Crippen molar-refractivity contribution in [1.29, 1.82) is 0 Å². The lowest BCUT2D eigenvalue weighted by Crippen LogP contribution is -2.62. The minimum atomic E-state index is -0.222. The van der Waals surface area contributed by atoms with Gasteiger partial charge in [0.2, 0.25) is 0 Å². The average Bonchev–Trinajstić information content (AvgIpc) is 3.05. The van der Waals surface area contributed by atoms with Crippen molar-refractivity contribution in [1.82, 2.24) is 15.2 Å². The number of hydrogen-bond donors (Lipinski definition) is 2. The summed E-state index contributed by atoms with van der Waals surface area (Å²) in [6.45, 7) is 4.23. The number of nitrogens with zero attached hydrogens (tertiary/aromatic N) is 2. The molecule has 25 heavy (non-hydrogen) atoms. The summed E-state index contributed by atoms with van der Waals surface area (Å²) in [5, 5.41) is 12.7. The van der Waals surface area contributed by atoms with Crippen molar-refractivity contribution in [2.24, 2.45) is 5.92 Å². The van der Waals surface area contributed by atoms with Crippen LogP contribution in [0, 0.1) is 17.8 Å². The number of pyridine rings is 1. The molecule has 0 radical (unpaired) electrons. The number of piperidine rings is 3. The third-order valence-electron chi connectivity index (χ3n) is 5.40. The van der Waals surface area contributed by atoms with Crippen LogP contribution in [-0.2, 0) is 0 Å². The van der Waals surface area contributed by atoms with Crippen LogP contribution in [0.2, 0.25) is 0 Å². The molecular formula is C19H21N3O3. The molecule has 2 aromatic heterocycles. The molecule has 3 saturated heterocycles. The zero-order valence-corrected chi connectivity index (χ0v) is 14.2. The minimum Gasteiger partial charge on any atom is -0.448 e. The first-order valence-corrected chi connectivity index (χ1v) is 8.70. The molecule has 1 amide bonds. The van der Waals surface area contributed by atoms with E-state index >= 15 is 0 Å². The first kappa shape index (κ1) is 16.1. The van der Waals surface area contributed by atoms with E-state index in [-0.39, 0.29) is 18.6 Å². The molecule has 3 fully saturated rings. The van der Waals surface area contributed by atoms with Crippen molar-refractivity contribution in [3.63, 3.8) is 0 Å². The van der Waals surface area contributed by atoms with Crippen molar-refractivity contribution in [2.75, 3.05) is 19.7 Å². The Labute approximate surface area is 146 Å². The summed E-state index contributed by atoms with van der Waals surface area (Å²) in [4.78, 5) is 19.4. The highest BCUT2D eigenvalue weighted by Crippen LogP contribution is 2.32. The molecular weight excluding hydrogens is 318 g/mol. The second-order valence-electron chi connectivity index (χ2n) is 6.79. The highest BCUT2D eigenvalue weighted by atomic mass is 16.3. The van der Waals surface area contributed by atoms with Crippen LogP contribution in [0.15, 0.2) is 22.7 Å². The van der Waals surface area contributed by atoms with Gasteiger partial charge in [0, 0.05) is 35.8 Å². The topological polar surface area (TPSA) is 78.6 Å². The SMILES string of the molecule is C[C@H]1[C@H](NC(=O)c2cc3oc(C#CCO)cc3cn2)C2CCN1CC2. The summed E-state index contributed by atoms with van der Waals surface area (Å²) in [5.74, 6) is 6.11. The van der Waals surface area contributed by atoms with Crippen molar-refractivity contribution in [3.8, 4) is 11.8 Å². The fourth-order valence-electron chi connectivity index (χ4n) is 4.02. The normalized spacial score (nSPS) is 27.8. The van der Waals surface area contributed by atoms with Crippen LogP contribution in [0.4, 0.5) is 0 Å². The van der Waals surface area contributed by atoms with Crippen LogP contribution < -0.4 is 5.32 Å². The van der Waals surface area contributed by atoms with Gasteiger partial charge in [-0.05, 0) is 44.7 Å². The van der Waals surface area contributed by atoms with Gasteiger partial charge in [-0.3, -0.25) is 14.7 Å². The molecule has 5 rings (SSSR count). The Morgan fingerprint density at radius 3 is 2.96 bits per heavy atom. The summed E-state index contributed by atoms with van der Waals surface area (Å²) < 4.78 is 5.61. The Bertz CT molecular complexity index is 854. The maximum atomic E-state index is 12.7. The molecule has 0 unspecified atom stereocenters. The van der Waals surface area contributed by atoms with Gasteiger partial charge in [0.05, 0.1) is 0 Å². The lowest BCUT2D eigenvalue weighted by atomic mass is 9.79. The van der Waals surface area contributed by atoms with E-state index in [1.165, 1.54) is 0 Å². The number of furan rings is 1. The molecule has 2 atom stereocenters. The van der Waals surface area contributed by atoms with Crippen LogP contribution in [0.25, 0.3) is 11.0 Å². The molecule has 3 aliphatic rings. The Kier molecular flexibility index (Phi) is 4.20. The molecule has 6 heteroatoms. The molecule has 6 nitrogen and oxygen atoms in total. The van der Waals surface area contributed by atoms with E-state index in [1.807, 2.05) is 0 Å². The molecule has 5 heterocycles. The predicted molar refractivity (Wildman–Crippen MR) is 93.0 cm³/mol. The van der Waals surface area contributed by atoms with Gasteiger partial charge < -0.3 is 14.8 Å². The zero-order chi connectivity index (χ0) is 17.4. The lowest BCUT2D eigenvalue weighted by molar-refractivity contribution is 0.0216. The number of nitrogens with one attached hydrogen (secondary N) is 1. The van der Waals surface area contributed by atoms with E-state index in [0.29, 0.717) is 29.0 Å². The molecule has 0 saturated carbocycles. The van der Waals surface area contributed by atoms with E-state index < -0.39 is 0 Å². The van der Waals surface area contributed by atoms with Crippen LogP contribution in [0.5, 0.6) is 0 Å². The minimum absolute atomic E-state index is 0.160. The highest BCUT2D eigenvalue weighted by molar-refractivity contribution is 5.95. The quantitative estimate of drug-likeness (QED) is 0.809. The summed E-state index contributed by atoms with van der Waals surface area (Å²) in [6, 6.07) is 3.95. The van der Waals surface area contributed by atoms with E-state index in [2.05, 4.69) is 34.0 Å². The molecule has 0 spiro atoms. The number of aliphatic hydroxyl groups excluding tert-OH is 1. The lowest BCUT2D eigenvalue weighted by Gasteiger charge is -2.49. The number of carbonyl (C=O) groups is 1. The van der Waals surface area contributed by atoms with Crippen molar-refractivity contribution < 1.29 is 14.3 Å². The highest BCUT2D eigenvalue weighted by Gasteiger charge is 2.40. The summed E-state index contributed by atoms with van der Waals surface area (Å²) in [7, 11) is 0. The second-order valence-corrected chi connectivity index (χ2v) is 6.79. The number of amides is 1. The Morgan fingerprint density at radius 2 is 2.24 bits per heavy atom. The van der Waals surface area contributed by atoms with Gasteiger partial charge in [-0.15, -0.1) is 0 Å². The Hall–Kier alpha value is -2.36. The van der Waals surface area contributed by atoms with Crippen molar-refractivity contribution in [3.05, 3.63) is 29.8 Å². The fourth-order valence-corrected chi connectivity index (χ4v) is 4.02. The summed E-state index contributed by atoms with van der Waals surface area (Å²) in [6.07, 6.45) is 3.91. The zero-order valence-electron chi connectivity index (χ0n) is 14.2. The van der Waals surface area contributed by atoms with Crippen LogP contribution in [0.1, 0.15) is 36.0 Å².